The average Bonchev–Trinajstić information content (AvgIpc) is 2.65. The third-order valence-corrected chi connectivity index (χ3v) is 6.50. The monoisotopic (exact) mass is 411 g/mol. The van der Waals surface area contributed by atoms with Crippen molar-refractivity contribution in [2.45, 2.75) is 4.90 Å². The highest BCUT2D eigenvalue weighted by atomic mass is 35.5. The number of piperazine rings is 1. The van der Waals surface area contributed by atoms with Crippen molar-refractivity contribution in [1.82, 2.24) is 9.21 Å². The predicted octanol–water partition coefficient (Wildman–Crippen LogP) is 2.67. The number of benzene rings is 2. The molecule has 1 saturated heterocycles. The zero-order valence-electron chi connectivity index (χ0n) is 14.7. The molecule has 0 aromatic heterocycles. The summed E-state index contributed by atoms with van der Waals surface area (Å²) in [5.41, 5.74) is 0.0457. The number of sulfonamides is 1. The molecule has 2 aromatic rings. The molecule has 1 aliphatic rings. The maximum Gasteiger partial charge on any atom is 0.255 e. The van der Waals surface area contributed by atoms with Crippen LogP contribution in [-0.4, -0.2) is 56.8 Å². The van der Waals surface area contributed by atoms with Gasteiger partial charge in [-0.3, -0.25) is 4.79 Å². The molecule has 0 bridgehead atoms. The molecule has 0 spiro atoms. The zero-order valence-corrected chi connectivity index (χ0v) is 16.2. The van der Waals surface area contributed by atoms with E-state index >= 15 is 0 Å². The highest BCUT2D eigenvalue weighted by Crippen LogP contribution is 2.22. The second kappa shape index (κ2) is 7.93. The topological polar surface area (TPSA) is 69.7 Å². The molecule has 0 saturated carbocycles. The molecule has 1 N–H and O–H groups in total. The summed E-state index contributed by atoms with van der Waals surface area (Å²) in [6, 6.07) is 9.52. The Labute approximate surface area is 162 Å². The van der Waals surface area contributed by atoms with Gasteiger partial charge in [0.1, 0.15) is 5.82 Å². The highest BCUT2D eigenvalue weighted by Gasteiger charge is 2.28. The summed E-state index contributed by atoms with van der Waals surface area (Å²) in [5.74, 6) is -1.25. The van der Waals surface area contributed by atoms with E-state index in [9.17, 15) is 17.6 Å². The summed E-state index contributed by atoms with van der Waals surface area (Å²) in [4.78, 5) is 14.5. The van der Waals surface area contributed by atoms with Gasteiger partial charge in [0.25, 0.3) is 5.91 Å². The lowest BCUT2D eigenvalue weighted by molar-refractivity contribution is 0.102. The lowest BCUT2D eigenvalue weighted by Gasteiger charge is -2.31. The van der Waals surface area contributed by atoms with Gasteiger partial charge in [0.2, 0.25) is 10.0 Å². The van der Waals surface area contributed by atoms with Crippen molar-refractivity contribution < 1.29 is 17.6 Å². The predicted molar refractivity (Wildman–Crippen MR) is 102 cm³/mol. The molecule has 1 fully saturated rings. The fraction of sp³-hybridized carbons (Fsp3) is 0.278. The number of carbonyl (C=O) groups is 1. The Morgan fingerprint density at radius 2 is 1.81 bits per heavy atom. The van der Waals surface area contributed by atoms with Crippen molar-refractivity contribution in [2.75, 3.05) is 38.5 Å². The summed E-state index contributed by atoms with van der Waals surface area (Å²) in [6.07, 6.45) is 0. The number of nitrogens with one attached hydrogen (secondary N) is 1. The van der Waals surface area contributed by atoms with Gasteiger partial charge in [-0.2, -0.15) is 4.31 Å². The van der Waals surface area contributed by atoms with E-state index < -0.39 is 21.7 Å². The Balaban J connectivity index is 1.82. The van der Waals surface area contributed by atoms with Crippen LogP contribution in [0.2, 0.25) is 5.02 Å². The summed E-state index contributed by atoms with van der Waals surface area (Å²) < 4.78 is 40.9. The van der Waals surface area contributed by atoms with Crippen molar-refractivity contribution >= 4 is 33.2 Å². The van der Waals surface area contributed by atoms with Crippen LogP contribution in [-0.2, 0) is 10.0 Å². The van der Waals surface area contributed by atoms with Gasteiger partial charge < -0.3 is 10.2 Å². The lowest BCUT2D eigenvalue weighted by atomic mass is 10.2. The minimum atomic E-state index is -3.70. The first-order valence-electron chi connectivity index (χ1n) is 8.32. The lowest BCUT2D eigenvalue weighted by Crippen LogP contribution is -2.47. The van der Waals surface area contributed by atoms with Crippen LogP contribution in [0.1, 0.15) is 10.4 Å². The van der Waals surface area contributed by atoms with Crippen LogP contribution in [0.25, 0.3) is 0 Å². The van der Waals surface area contributed by atoms with Gasteiger partial charge in [-0.05, 0) is 43.4 Å². The third kappa shape index (κ3) is 4.47. The molecule has 1 amide bonds. The smallest absolute Gasteiger partial charge is 0.255 e. The average molecular weight is 412 g/mol. The van der Waals surface area contributed by atoms with Crippen LogP contribution in [0.3, 0.4) is 0 Å². The first-order chi connectivity index (χ1) is 12.8. The summed E-state index contributed by atoms with van der Waals surface area (Å²) in [6.45, 7) is 2.08. The molecule has 1 heterocycles. The van der Waals surface area contributed by atoms with E-state index in [1.807, 2.05) is 7.05 Å². The van der Waals surface area contributed by atoms with Crippen molar-refractivity contribution in [2.24, 2.45) is 0 Å². The van der Waals surface area contributed by atoms with Gasteiger partial charge in [-0.25, -0.2) is 12.8 Å². The first-order valence-corrected chi connectivity index (χ1v) is 10.1. The number of rotatable bonds is 4. The van der Waals surface area contributed by atoms with Crippen LogP contribution in [0.15, 0.2) is 47.4 Å². The number of hydrogen-bond acceptors (Lipinski definition) is 4. The second-order valence-corrected chi connectivity index (χ2v) is 8.69. The number of likely N-dealkylation sites (N-methyl/N-ethyl adjacent to an activating group) is 1. The molecule has 2 aromatic carbocycles. The zero-order chi connectivity index (χ0) is 19.6. The van der Waals surface area contributed by atoms with E-state index in [-0.39, 0.29) is 21.2 Å². The molecule has 144 valence electrons. The molecule has 0 radical (unpaired) electrons. The molecule has 3 rings (SSSR count). The van der Waals surface area contributed by atoms with Crippen molar-refractivity contribution in [3.05, 3.63) is 58.9 Å². The molecule has 0 atom stereocenters. The summed E-state index contributed by atoms with van der Waals surface area (Å²) >= 11 is 5.82. The Kier molecular flexibility index (Phi) is 5.81. The Morgan fingerprint density at radius 3 is 2.52 bits per heavy atom. The standard InChI is InChI=1S/C18H19ClFN3O3S/c1-22-7-9-23(10-8-22)27(25,26)15-4-2-3-13(11-15)18(24)21-17-12-14(19)5-6-16(17)20/h2-6,11-12H,7-10H2,1H3,(H,21,24). The molecule has 6 nitrogen and oxygen atoms in total. The van der Waals surface area contributed by atoms with E-state index in [1.54, 1.807) is 0 Å². The Hall–Kier alpha value is -2.00. The fourth-order valence-electron chi connectivity index (χ4n) is 2.76. The van der Waals surface area contributed by atoms with E-state index in [0.29, 0.717) is 26.2 Å². The molecule has 1 aliphatic heterocycles. The molecular formula is C18H19ClFN3O3S. The van der Waals surface area contributed by atoms with Gasteiger partial charge in [-0.15, -0.1) is 0 Å². The third-order valence-electron chi connectivity index (χ3n) is 4.37. The van der Waals surface area contributed by atoms with Crippen LogP contribution in [0.5, 0.6) is 0 Å². The molecule has 0 unspecified atom stereocenters. The molecule has 27 heavy (non-hydrogen) atoms. The van der Waals surface area contributed by atoms with E-state index in [0.717, 1.165) is 6.07 Å². The van der Waals surface area contributed by atoms with Gasteiger partial charge in [0, 0.05) is 36.8 Å². The Bertz CT molecular complexity index is 960. The van der Waals surface area contributed by atoms with Crippen LogP contribution in [0, 0.1) is 5.82 Å². The molecule has 9 heteroatoms. The maximum atomic E-state index is 13.8. The SMILES string of the molecule is CN1CCN(S(=O)(=O)c2cccc(C(=O)Nc3cc(Cl)ccc3F)c2)CC1. The van der Waals surface area contributed by atoms with E-state index in [1.165, 1.54) is 40.7 Å². The minimum absolute atomic E-state index is 0.0336. The van der Waals surface area contributed by atoms with Crippen molar-refractivity contribution in [3.8, 4) is 0 Å². The van der Waals surface area contributed by atoms with Crippen molar-refractivity contribution in [3.63, 3.8) is 0 Å². The van der Waals surface area contributed by atoms with Gasteiger partial charge >= 0.3 is 0 Å². The van der Waals surface area contributed by atoms with E-state index in [4.69, 9.17) is 11.6 Å². The van der Waals surface area contributed by atoms with E-state index in [2.05, 4.69) is 10.2 Å². The second-order valence-electron chi connectivity index (χ2n) is 6.31. The molecule has 0 aliphatic carbocycles. The molecular weight excluding hydrogens is 393 g/mol. The maximum absolute atomic E-state index is 13.8. The fourth-order valence-corrected chi connectivity index (χ4v) is 4.40. The van der Waals surface area contributed by atoms with Crippen LogP contribution in [0.4, 0.5) is 10.1 Å². The highest BCUT2D eigenvalue weighted by molar-refractivity contribution is 7.89. The number of anilines is 1. The summed E-state index contributed by atoms with van der Waals surface area (Å²) in [5, 5.41) is 2.69. The Morgan fingerprint density at radius 1 is 1.11 bits per heavy atom. The first kappa shape index (κ1) is 19.8. The number of hydrogen-bond donors (Lipinski definition) is 1. The minimum Gasteiger partial charge on any atom is -0.319 e. The number of carbonyl (C=O) groups excluding carboxylic acids is 1. The largest absolute Gasteiger partial charge is 0.319 e. The van der Waals surface area contributed by atoms with Crippen LogP contribution < -0.4 is 5.32 Å². The van der Waals surface area contributed by atoms with Crippen LogP contribution >= 0.6 is 11.6 Å². The van der Waals surface area contributed by atoms with Crippen molar-refractivity contribution in [1.29, 1.82) is 0 Å². The number of amides is 1. The van der Waals surface area contributed by atoms with Gasteiger partial charge in [0.05, 0.1) is 10.6 Å². The van der Waals surface area contributed by atoms with Gasteiger partial charge in [-0.1, -0.05) is 17.7 Å². The quantitative estimate of drug-likeness (QED) is 0.839. The van der Waals surface area contributed by atoms with Gasteiger partial charge in [0.15, 0.2) is 0 Å². The number of halogens is 2. The number of nitrogens with zero attached hydrogens (tertiary/aromatic N) is 2. The normalized spacial score (nSPS) is 16.3. The summed E-state index contributed by atoms with van der Waals surface area (Å²) in [7, 11) is -1.76.